The maximum atomic E-state index is 12.3. The molecule has 0 unspecified atom stereocenters. The summed E-state index contributed by atoms with van der Waals surface area (Å²) in [6.45, 7) is 9.16. The highest BCUT2D eigenvalue weighted by Crippen LogP contribution is 2.08. The minimum atomic E-state index is -0.266. The van der Waals surface area contributed by atoms with Gasteiger partial charge in [0, 0.05) is 31.1 Å². The molecule has 0 bridgehead atoms. The Hall–Kier alpha value is -2.42. The first-order valence-electron chi connectivity index (χ1n) is 9.33. The van der Waals surface area contributed by atoms with Gasteiger partial charge in [-0.25, -0.2) is 4.99 Å². The van der Waals surface area contributed by atoms with Gasteiger partial charge in [-0.1, -0.05) is 6.07 Å². The fourth-order valence-electron chi connectivity index (χ4n) is 2.55. The third kappa shape index (κ3) is 6.95. The molecule has 1 amide bonds. The first-order chi connectivity index (χ1) is 13.2. The maximum Gasteiger partial charge on any atom is 0.240 e. The van der Waals surface area contributed by atoms with Crippen LogP contribution in [0.2, 0.25) is 0 Å². The lowest BCUT2D eigenvalue weighted by atomic mass is 10.1. The van der Waals surface area contributed by atoms with Crippen LogP contribution >= 0.6 is 11.3 Å². The normalized spacial score (nSPS) is 12.1. The van der Waals surface area contributed by atoms with Gasteiger partial charge >= 0.3 is 0 Å². The number of rotatable bonds is 7. The molecule has 0 saturated carbocycles. The summed E-state index contributed by atoms with van der Waals surface area (Å²) in [5, 5.41) is 16.7. The Morgan fingerprint density at radius 2 is 2.11 bits per heavy atom. The van der Waals surface area contributed by atoms with E-state index in [1.54, 1.807) is 11.3 Å². The minimum Gasteiger partial charge on any atom is -0.356 e. The number of hydrogen-bond donors (Lipinski definition) is 2. The SMILES string of the molecule is Cc1nnc(CN=C(NCCc2cccs2)N(C)CC(=O)NC(C)(C)C)n1C. The predicted molar refractivity (Wildman–Crippen MR) is 113 cm³/mol. The number of nitrogens with one attached hydrogen (secondary N) is 2. The summed E-state index contributed by atoms with van der Waals surface area (Å²) in [6, 6.07) is 4.17. The summed E-state index contributed by atoms with van der Waals surface area (Å²) in [7, 11) is 3.78. The van der Waals surface area contributed by atoms with Crippen LogP contribution in [0.25, 0.3) is 0 Å². The highest BCUT2D eigenvalue weighted by atomic mass is 32.1. The average molecular weight is 406 g/mol. The van der Waals surface area contributed by atoms with Crippen molar-refractivity contribution in [1.29, 1.82) is 0 Å². The summed E-state index contributed by atoms with van der Waals surface area (Å²) in [5.41, 5.74) is -0.266. The number of thiophene rings is 1. The van der Waals surface area contributed by atoms with Gasteiger partial charge in [0.1, 0.15) is 12.4 Å². The molecule has 0 aliphatic heterocycles. The number of aliphatic imine (C=N–C) groups is 1. The monoisotopic (exact) mass is 405 g/mol. The average Bonchev–Trinajstić information content (AvgIpc) is 3.20. The van der Waals surface area contributed by atoms with Crippen LogP contribution in [0.5, 0.6) is 0 Å². The Balaban J connectivity index is 2.04. The standard InChI is InChI=1S/C19H31N7OS/c1-14-23-24-16(26(14)6)12-21-18(20-10-9-15-8-7-11-28-15)25(5)13-17(27)22-19(2,3)4/h7-8,11H,9-10,12-13H2,1-6H3,(H,20,21)(H,22,27). The van der Waals surface area contributed by atoms with E-state index in [1.165, 1.54) is 4.88 Å². The first kappa shape index (κ1) is 21.9. The molecule has 0 atom stereocenters. The van der Waals surface area contributed by atoms with E-state index in [2.05, 4.69) is 37.3 Å². The Kier molecular flexibility index (Phi) is 7.56. The summed E-state index contributed by atoms with van der Waals surface area (Å²) >= 11 is 1.74. The molecule has 2 aromatic heterocycles. The van der Waals surface area contributed by atoms with E-state index in [4.69, 9.17) is 0 Å². The zero-order chi connectivity index (χ0) is 20.7. The zero-order valence-electron chi connectivity index (χ0n) is 17.6. The van der Waals surface area contributed by atoms with Gasteiger partial charge in [0.15, 0.2) is 11.8 Å². The van der Waals surface area contributed by atoms with Crippen molar-refractivity contribution in [3.8, 4) is 0 Å². The molecule has 2 N–H and O–H groups in total. The van der Waals surface area contributed by atoms with Crippen molar-refractivity contribution >= 4 is 23.2 Å². The van der Waals surface area contributed by atoms with Crippen LogP contribution in [0, 0.1) is 6.92 Å². The second-order valence-electron chi connectivity index (χ2n) is 7.77. The molecule has 2 heterocycles. The van der Waals surface area contributed by atoms with E-state index < -0.39 is 0 Å². The predicted octanol–water partition coefficient (Wildman–Crippen LogP) is 1.72. The van der Waals surface area contributed by atoms with Gasteiger partial charge in [-0.2, -0.15) is 0 Å². The summed E-state index contributed by atoms with van der Waals surface area (Å²) in [5.74, 6) is 2.25. The van der Waals surface area contributed by atoms with Crippen molar-refractivity contribution in [2.24, 2.45) is 12.0 Å². The van der Waals surface area contributed by atoms with Crippen molar-refractivity contribution in [2.75, 3.05) is 20.1 Å². The Labute approximate surface area is 171 Å². The van der Waals surface area contributed by atoms with E-state index in [0.717, 1.165) is 24.6 Å². The molecule has 8 nitrogen and oxygen atoms in total. The number of amides is 1. The number of nitrogens with zero attached hydrogens (tertiary/aromatic N) is 5. The van der Waals surface area contributed by atoms with Crippen LogP contribution in [-0.4, -0.2) is 57.2 Å². The van der Waals surface area contributed by atoms with Crippen molar-refractivity contribution in [2.45, 2.75) is 46.2 Å². The van der Waals surface area contributed by atoms with Crippen LogP contribution < -0.4 is 10.6 Å². The van der Waals surface area contributed by atoms with Crippen LogP contribution in [0.1, 0.15) is 37.3 Å². The van der Waals surface area contributed by atoms with Crippen molar-refractivity contribution < 1.29 is 4.79 Å². The fraction of sp³-hybridized carbons (Fsp3) is 0.579. The lowest BCUT2D eigenvalue weighted by molar-refractivity contribution is -0.122. The number of aryl methyl sites for hydroxylation is 1. The van der Waals surface area contributed by atoms with Crippen LogP contribution in [0.4, 0.5) is 0 Å². The number of guanidine groups is 1. The third-order valence-electron chi connectivity index (χ3n) is 4.04. The van der Waals surface area contributed by atoms with E-state index in [0.29, 0.717) is 12.5 Å². The smallest absolute Gasteiger partial charge is 0.240 e. The molecule has 0 fully saturated rings. The van der Waals surface area contributed by atoms with Crippen molar-refractivity contribution in [3.63, 3.8) is 0 Å². The molecule has 2 aromatic rings. The summed E-state index contributed by atoms with van der Waals surface area (Å²) < 4.78 is 1.92. The molecule has 9 heteroatoms. The Bertz CT molecular complexity index is 790. The molecule has 0 aliphatic carbocycles. The number of likely N-dealkylation sites (N-methyl/N-ethyl adjacent to an activating group) is 1. The molecule has 28 heavy (non-hydrogen) atoms. The van der Waals surface area contributed by atoms with Gasteiger partial charge in [-0.15, -0.1) is 21.5 Å². The number of aromatic nitrogens is 3. The number of carbonyl (C=O) groups excluding carboxylic acids is 1. The van der Waals surface area contributed by atoms with Crippen LogP contribution in [-0.2, 0) is 24.8 Å². The molecule has 0 spiro atoms. The Morgan fingerprint density at radius 3 is 2.68 bits per heavy atom. The molecule has 2 rings (SSSR count). The quantitative estimate of drug-likeness (QED) is 0.541. The van der Waals surface area contributed by atoms with E-state index >= 15 is 0 Å². The first-order valence-corrected chi connectivity index (χ1v) is 10.2. The van der Waals surface area contributed by atoms with E-state index in [9.17, 15) is 4.79 Å². The molecule has 0 radical (unpaired) electrons. The van der Waals surface area contributed by atoms with E-state index in [-0.39, 0.29) is 18.0 Å². The molecule has 154 valence electrons. The second-order valence-corrected chi connectivity index (χ2v) is 8.80. The molecular formula is C19H31N7OS. The van der Waals surface area contributed by atoms with Gasteiger partial charge < -0.3 is 20.1 Å². The van der Waals surface area contributed by atoms with Crippen molar-refractivity contribution in [3.05, 3.63) is 34.0 Å². The van der Waals surface area contributed by atoms with Crippen molar-refractivity contribution in [1.82, 2.24) is 30.3 Å². The van der Waals surface area contributed by atoms with Gasteiger partial charge in [-0.3, -0.25) is 4.79 Å². The lowest BCUT2D eigenvalue weighted by Crippen LogP contribution is -2.49. The molecule has 0 aromatic carbocycles. The fourth-order valence-corrected chi connectivity index (χ4v) is 3.26. The van der Waals surface area contributed by atoms with Crippen LogP contribution in [0.3, 0.4) is 0 Å². The Morgan fingerprint density at radius 1 is 1.36 bits per heavy atom. The van der Waals surface area contributed by atoms with E-state index in [1.807, 2.05) is 57.3 Å². The van der Waals surface area contributed by atoms with Gasteiger partial charge in [-0.05, 0) is 45.6 Å². The number of hydrogen-bond acceptors (Lipinski definition) is 5. The molecular weight excluding hydrogens is 374 g/mol. The summed E-state index contributed by atoms with van der Waals surface area (Å²) in [6.07, 6.45) is 0.905. The topological polar surface area (TPSA) is 87.4 Å². The highest BCUT2D eigenvalue weighted by molar-refractivity contribution is 7.09. The molecule has 0 aliphatic rings. The summed E-state index contributed by atoms with van der Waals surface area (Å²) in [4.78, 5) is 20.1. The molecule has 0 saturated heterocycles. The lowest BCUT2D eigenvalue weighted by Gasteiger charge is -2.25. The van der Waals surface area contributed by atoms with Crippen LogP contribution in [0.15, 0.2) is 22.5 Å². The third-order valence-corrected chi connectivity index (χ3v) is 4.98. The maximum absolute atomic E-state index is 12.3. The number of carbonyl (C=O) groups is 1. The highest BCUT2D eigenvalue weighted by Gasteiger charge is 2.17. The van der Waals surface area contributed by atoms with Gasteiger partial charge in [0.2, 0.25) is 5.91 Å². The van der Waals surface area contributed by atoms with Gasteiger partial charge in [0.25, 0.3) is 0 Å². The zero-order valence-corrected chi connectivity index (χ0v) is 18.4. The van der Waals surface area contributed by atoms with Gasteiger partial charge in [0.05, 0.1) is 6.54 Å². The minimum absolute atomic E-state index is 0.0442. The second kappa shape index (κ2) is 9.68. The largest absolute Gasteiger partial charge is 0.356 e.